The van der Waals surface area contributed by atoms with Crippen LogP contribution in [0.5, 0.6) is 0 Å². The van der Waals surface area contributed by atoms with Crippen LogP contribution in [0.15, 0.2) is 42.9 Å². The number of aliphatic hydroxyl groups is 1. The van der Waals surface area contributed by atoms with Crippen molar-refractivity contribution < 1.29 is 9.90 Å². The lowest BCUT2D eigenvalue weighted by Gasteiger charge is -2.25. The molecule has 1 N–H and O–H groups in total. The number of aromatic nitrogens is 2. The third-order valence-corrected chi connectivity index (χ3v) is 3.65. The second kappa shape index (κ2) is 8.60. The van der Waals surface area contributed by atoms with E-state index in [0.717, 1.165) is 6.42 Å². The van der Waals surface area contributed by atoms with Crippen LogP contribution in [0.3, 0.4) is 0 Å². The van der Waals surface area contributed by atoms with Crippen LogP contribution in [-0.4, -0.2) is 39.0 Å². The predicted octanol–water partition coefficient (Wildman–Crippen LogP) is 2.64. The van der Waals surface area contributed by atoms with Gasteiger partial charge in [0.15, 0.2) is 0 Å². The first-order valence-corrected chi connectivity index (χ1v) is 7.94. The molecule has 5 nitrogen and oxygen atoms in total. The Balaban J connectivity index is 2.02. The Bertz CT molecular complexity index is 619. The zero-order valence-corrected chi connectivity index (χ0v) is 13.8. The molecule has 1 atom stereocenters. The monoisotopic (exact) mass is 333 g/mol. The summed E-state index contributed by atoms with van der Waals surface area (Å²) in [6.45, 7) is 2.83. The van der Waals surface area contributed by atoms with Crippen molar-refractivity contribution in [1.82, 2.24) is 14.9 Å². The highest BCUT2D eigenvalue weighted by molar-refractivity contribution is 6.30. The largest absolute Gasteiger partial charge is 0.386 e. The molecule has 0 spiro atoms. The maximum absolute atomic E-state index is 12.5. The molecule has 0 unspecified atom stereocenters. The fourth-order valence-electron chi connectivity index (χ4n) is 2.25. The molecule has 2 heterocycles. The molecule has 0 aliphatic heterocycles. The van der Waals surface area contributed by atoms with Crippen LogP contribution in [0.25, 0.3) is 0 Å². The van der Waals surface area contributed by atoms with E-state index >= 15 is 0 Å². The van der Waals surface area contributed by atoms with Crippen LogP contribution in [-0.2, 0) is 11.2 Å². The van der Waals surface area contributed by atoms with Crippen molar-refractivity contribution >= 4 is 17.5 Å². The fraction of sp³-hybridized carbons (Fsp3) is 0.353. The van der Waals surface area contributed by atoms with Crippen molar-refractivity contribution in [2.75, 3.05) is 13.1 Å². The molecule has 0 fully saturated rings. The molecule has 23 heavy (non-hydrogen) atoms. The molecule has 2 aromatic rings. The van der Waals surface area contributed by atoms with Crippen molar-refractivity contribution in [2.45, 2.75) is 25.9 Å². The number of pyridine rings is 2. The van der Waals surface area contributed by atoms with Crippen molar-refractivity contribution in [3.63, 3.8) is 0 Å². The summed E-state index contributed by atoms with van der Waals surface area (Å²) in [5.41, 5.74) is 1.36. The lowest BCUT2D eigenvalue weighted by molar-refractivity contribution is -0.132. The molecule has 0 aliphatic rings. The highest BCUT2D eigenvalue weighted by Crippen LogP contribution is 2.14. The summed E-state index contributed by atoms with van der Waals surface area (Å²) in [5, 5.41) is 10.8. The summed E-state index contributed by atoms with van der Waals surface area (Å²) in [6, 6.07) is 7.02. The van der Waals surface area contributed by atoms with E-state index in [0.29, 0.717) is 22.8 Å². The van der Waals surface area contributed by atoms with Gasteiger partial charge in [-0.15, -0.1) is 0 Å². The summed E-state index contributed by atoms with van der Waals surface area (Å²) in [5.74, 6) is -0.0652. The number of aliphatic hydroxyl groups excluding tert-OH is 1. The molecule has 2 aromatic heterocycles. The second-order valence-corrected chi connectivity index (χ2v) is 5.72. The van der Waals surface area contributed by atoms with Crippen LogP contribution in [0, 0.1) is 0 Å². The van der Waals surface area contributed by atoms with Crippen LogP contribution in [0.2, 0.25) is 5.02 Å². The minimum atomic E-state index is -0.752. The van der Waals surface area contributed by atoms with E-state index in [2.05, 4.69) is 9.97 Å². The van der Waals surface area contributed by atoms with Crippen molar-refractivity contribution in [2.24, 2.45) is 0 Å². The van der Waals surface area contributed by atoms with E-state index in [1.807, 2.05) is 6.92 Å². The number of hydrogen-bond donors (Lipinski definition) is 1. The molecule has 0 radical (unpaired) electrons. The number of halogens is 1. The van der Waals surface area contributed by atoms with Gasteiger partial charge in [0.1, 0.15) is 0 Å². The number of amides is 1. The predicted molar refractivity (Wildman–Crippen MR) is 89.0 cm³/mol. The molecule has 0 bridgehead atoms. The SMILES string of the molecule is CCCN(C[C@@H](O)c1cccnc1)C(=O)Cc1ccc(Cl)cn1. The van der Waals surface area contributed by atoms with Gasteiger partial charge in [-0.3, -0.25) is 14.8 Å². The Morgan fingerprint density at radius 1 is 1.35 bits per heavy atom. The van der Waals surface area contributed by atoms with Crippen molar-refractivity contribution in [3.8, 4) is 0 Å². The molecule has 0 aromatic carbocycles. The maximum atomic E-state index is 12.5. The average molecular weight is 334 g/mol. The maximum Gasteiger partial charge on any atom is 0.228 e. The van der Waals surface area contributed by atoms with Gasteiger partial charge in [-0.05, 0) is 24.6 Å². The lowest BCUT2D eigenvalue weighted by atomic mass is 10.1. The number of carbonyl (C=O) groups excluding carboxylic acids is 1. The van der Waals surface area contributed by atoms with E-state index in [1.54, 1.807) is 41.6 Å². The van der Waals surface area contributed by atoms with Crippen molar-refractivity contribution in [3.05, 3.63) is 59.1 Å². The highest BCUT2D eigenvalue weighted by atomic mass is 35.5. The molecule has 122 valence electrons. The highest BCUT2D eigenvalue weighted by Gasteiger charge is 2.19. The number of rotatable bonds is 7. The molecular weight excluding hydrogens is 314 g/mol. The van der Waals surface area contributed by atoms with Gasteiger partial charge in [0.25, 0.3) is 0 Å². The van der Waals surface area contributed by atoms with Gasteiger partial charge in [0.05, 0.1) is 24.1 Å². The number of nitrogens with zero attached hydrogens (tertiary/aromatic N) is 3. The normalized spacial score (nSPS) is 12.0. The van der Waals surface area contributed by atoms with Crippen LogP contribution >= 0.6 is 11.6 Å². The van der Waals surface area contributed by atoms with E-state index in [1.165, 1.54) is 6.20 Å². The molecule has 0 saturated heterocycles. The van der Waals surface area contributed by atoms with Gasteiger partial charge < -0.3 is 10.0 Å². The molecule has 0 saturated carbocycles. The summed E-state index contributed by atoms with van der Waals surface area (Å²) < 4.78 is 0. The lowest BCUT2D eigenvalue weighted by Crippen LogP contribution is -2.36. The molecule has 0 aliphatic carbocycles. The van der Waals surface area contributed by atoms with Gasteiger partial charge in [-0.25, -0.2) is 0 Å². The smallest absolute Gasteiger partial charge is 0.228 e. The molecule has 1 amide bonds. The first kappa shape index (κ1) is 17.4. The first-order chi connectivity index (χ1) is 11.1. The first-order valence-electron chi connectivity index (χ1n) is 7.56. The zero-order chi connectivity index (χ0) is 16.7. The Morgan fingerprint density at radius 3 is 2.78 bits per heavy atom. The Labute approximate surface area is 141 Å². The second-order valence-electron chi connectivity index (χ2n) is 5.29. The number of carbonyl (C=O) groups is 1. The summed E-state index contributed by atoms with van der Waals surface area (Å²) in [7, 11) is 0. The summed E-state index contributed by atoms with van der Waals surface area (Å²) >= 11 is 5.80. The quantitative estimate of drug-likeness (QED) is 0.846. The Kier molecular flexibility index (Phi) is 6.50. The minimum absolute atomic E-state index is 0.0652. The standard InChI is InChI=1S/C17H20ClN3O2/c1-2-8-21(12-16(22)13-4-3-7-19-10-13)17(23)9-15-6-5-14(18)11-20-15/h3-7,10-11,16,22H,2,8-9,12H2,1H3/t16-/m1/s1. The van der Waals surface area contributed by atoms with E-state index < -0.39 is 6.10 Å². The molecule has 2 rings (SSSR count). The summed E-state index contributed by atoms with van der Waals surface area (Å²) in [6.07, 6.45) is 5.05. The minimum Gasteiger partial charge on any atom is -0.386 e. The topological polar surface area (TPSA) is 66.3 Å². The summed E-state index contributed by atoms with van der Waals surface area (Å²) in [4.78, 5) is 22.3. The van der Waals surface area contributed by atoms with E-state index in [4.69, 9.17) is 11.6 Å². The van der Waals surface area contributed by atoms with Crippen LogP contribution in [0.1, 0.15) is 30.7 Å². The fourth-order valence-corrected chi connectivity index (χ4v) is 2.36. The van der Waals surface area contributed by atoms with Crippen molar-refractivity contribution in [1.29, 1.82) is 0 Å². The zero-order valence-electron chi connectivity index (χ0n) is 13.0. The van der Waals surface area contributed by atoms with Gasteiger partial charge in [-0.1, -0.05) is 24.6 Å². The third-order valence-electron chi connectivity index (χ3n) is 3.43. The van der Waals surface area contributed by atoms with Gasteiger partial charge in [-0.2, -0.15) is 0 Å². The number of hydrogen-bond acceptors (Lipinski definition) is 4. The third kappa shape index (κ3) is 5.30. The molecular formula is C17H20ClN3O2. The van der Waals surface area contributed by atoms with Gasteiger partial charge in [0.2, 0.25) is 5.91 Å². The van der Waals surface area contributed by atoms with E-state index in [9.17, 15) is 9.90 Å². The van der Waals surface area contributed by atoms with Crippen LogP contribution in [0.4, 0.5) is 0 Å². The van der Waals surface area contributed by atoms with Gasteiger partial charge >= 0.3 is 0 Å². The Morgan fingerprint density at radius 2 is 2.17 bits per heavy atom. The average Bonchev–Trinajstić information content (AvgIpc) is 2.57. The van der Waals surface area contributed by atoms with Crippen LogP contribution < -0.4 is 0 Å². The molecule has 6 heteroatoms. The van der Waals surface area contributed by atoms with Gasteiger partial charge in [0, 0.05) is 36.4 Å². The Hall–Kier alpha value is -1.98. The van der Waals surface area contributed by atoms with E-state index in [-0.39, 0.29) is 18.9 Å².